The number of hydrogen-bond acceptors (Lipinski definition) is 1. The number of hydrogen-bond donors (Lipinski definition) is 1. The van der Waals surface area contributed by atoms with Crippen molar-refractivity contribution in [2.24, 2.45) is 0 Å². The van der Waals surface area contributed by atoms with E-state index in [1.54, 1.807) is 12.1 Å². The Morgan fingerprint density at radius 3 is 2.45 bits per heavy atom. The summed E-state index contributed by atoms with van der Waals surface area (Å²) in [6, 6.07) is 13.3. The van der Waals surface area contributed by atoms with E-state index in [2.05, 4.69) is 36.5 Å². The van der Waals surface area contributed by atoms with Crippen LogP contribution in [0.1, 0.15) is 37.4 Å². The Labute approximate surface area is 124 Å². The maximum absolute atomic E-state index is 13.2. The van der Waals surface area contributed by atoms with Crippen LogP contribution in [0.5, 0.6) is 0 Å². The minimum Gasteiger partial charge on any atom is -0.379 e. The van der Waals surface area contributed by atoms with Crippen LogP contribution >= 0.6 is 11.6 Å². The molecule has 0 fully saturated rings. The van der Waals surface area contributed by atoms with Crippen molar-refractivity contribution in [3.63, 3.8) is 0 Å². The summed E-state index contributed by atoms with van der Waals surface area (Å²) in [7, 11) is 0. The maximum Gasteiger partial charge on any atom is 0.141 e. The van der Waals surface area contributed by atoms with Gasteiger partial charge in [-0.05, 0) is 48.7 Å². The number of aryl methyl sites for hydroxylation is 1. The second-order valence-electron chi connectivity index (χ2n) is 4.99. The van der Waals surface area contributed by atoms with Crippen LogP contribution in [-0.4, -0.2) is 0 Å². The minimum absolute atomic E-state index is 0.0742. The van der Waals surface area contributed by atoms with E-state index in [9.17, 15) is 4.39 Å². The van der Waals surface area contributed by atoms with E-state index in [1.807, 2.05) is 6.92 Å². The molecule has 0 heterocycles. The lowest BCUT2D eigenvalue weighted by atomic mass is 10.1. The number of benzene rings is 2. The highest BCUT2D eigenvalue weighted by Gasteiger charge is 2.08. The zero-order chi connectivity index (χ0) is 14.5. The molecule has 0 aliphatic rings. The van der Waals surface area contributed by atoms with Crippen LogP contribution in [0, 0.1) is 5.82 Å². The molecule has 3 heteroatoms. The van der Waals surface area contributed by atoms with Gasteiger partial charge in [-0.25, -0.2) is 4.39 Å². The van der Waals surface area contributed by atoms with Gasteiger partial charge >= 0.3 is 0 Å². The molecule has 20 heavy (non-hydrogen) atoms. The van der Waals surface area contributed by atoms with Crippen molar-refractivity contribution >= 4 is 17.3 Å². The molecule has 2 aromatic carbocycles. The Hall–Kier alpha value is -1.54. The first-order valence-electron chi connectivity index (χ1n) is 6.90. The highest BCUT2D eigenvalue weighted by molar-refractivity contribution is 6.30. The van der Waals surface area contributed by atoms with Gasteiger partial charge in [-0.15, -0.1) is 0 Å². The molecular formula is C17H19ClFN. The smallest absolute Gasteiger partial charge is 0.141 e. The van der Waals surface area contributed by atoms with Gasteiger partial charge in [-0.1, -0.05) is 43.1 Å². The summed E-state index contributed by atoms with van der Waals surface area (Å²) in [5.74, 6) is -0.383. The van der Waals surface area contributed by atoms with Crippen LogP contribution in [0.25, 0.3) is 0 Å². The van der Waals surface area contributed by atoms with Crippen molar-refractivity contribution in [1.82, 2.24) is 0 Å². The molecule has 0 aliphatic heterocycles. The van der Waals surface area contributed by atoms with Gasteiger partial charge in [0.2, 0.25) is 0 Å². The first-order valence-corrected chi connectivity index (χ1v) is 7.28. The molecule has 2 rings (SSSR count). The summed E-state index contributed by atoms with van der Waals surface area (Å²) in [6.45, 7) is 4.20. The summed E-state index contributed by atoms with van der Waals surface area (Å²) >= 11 is 5.81. The van der Waals surface area contributed by atoms with E-state index < -0.39 is 0 Å². The largest absolute Gasteiger partial charge is 0.379 e. The van der Waals surface area contributed by atoms with Gasteiger partial charge in [-0.2, -0.15) is 0 Å². The zero-order valence-electron chi connectivity index (χ0n) is 11.8. The molecule has 0 amide bonds. The summed E-state index contributed by atoms with van der Waals surface area (Å²) in [5, 5.41) is 3.55. The van der Waals surface area contributed by atoms with Gasteiger partial charge in [-0.3, -0.25) is 0 Å². The van der Waals surface area contributed by atoms with E-state index in [-0.39, 0.29) is 16.9 Å². The van der Waals surface area contributed by atoms with Crippen LogP contribution in [0.4, 0.5) is 10.1 Å². The van der Waals surface area contributed by atoms with Crippen molar-refractivity contribution in [2.45, 2.75) is 32.7 Å². The Morgan fingerprint density at radius 1 is 1.15 bits per heavy atom. The standard InChI is InChI=1S/C17H19ClFN/c1-3-4-13-5-8-15(9-6-13)20-12(2)14-7-10-17(19)16(18)11-14/h5-12,20H,3-4H2,1-2H3. The van der Waals surface area contributed by atoms with Gasteiger partial charge in [0.15, 0.2) is 0 Å². The van der Waals surface area contributed by atoms with Crippen molar-refractivity contribution in [1.29, 1.82) is 0 Å². The van der Waals surface area contributed by atoms with Crippen molar-refractivity contribution in [3.8, 4) is 0 Å². The molecule has 0 aromatic heterocycles. The fourth-order valence-electron chi connectivity index (χ4n) is 2.17. The second kappa shape index (κ2) is 6.76. The lowest BCUT2D eigenvalue weighted by Crippen LogP contribution is -2.06. The molecule has 106 valence electrons. The minimum atomic E-state index is -0.383. The van der Waals surface area contributed by atoms with Gasteiger partial charge in [0.05, 0.1) is 5.02 Å². The molecule has 0 saturated heterocycles. The molecule has 1 N–H and O–H groups in total. The summed E-state index contributed by atoms with van der Waals surface area (Å²) < 4.78 is 13.2. The molecule has 1 atom stereocenters. The number of rotatable bonds is 5. The van der Waals surface area contributed by atoms with Gasteiger partial charge in [0.25, 0.3) is 0 Å². The second-order valence-corrected chi connectivity index (χ2v) is 5.39. The third-order valence-electron chi connectivity index (χ3n) is 3.32. The van der Waals surface area contributed by atoms with E-state index in [1.165, 1.54) is 11.6 Å². The average Bonchev–Trinajstić information content (AvgIpc) is 2.44. The summed E-state index contributed by atoms with van der Waals surface area (Å²) in [6.07, 6.45) is 2.25. The summed E-state index contributed by atoms with van der Waals surface area (Å²) in [5.41, 5.74) is 3.36. The van der Waals surface area contributed by atoms with E-state index in [4.69, 9.17) is 11.6 Å². The Bertz CT molecular complexity index is 566. The zero-order valence-corrected chi connectivity index (χ0v) is 12.5. The topological polar surface area (TPSA) is 12.0 Å². The molecule has 1 nitrogen and oxygen atoms in total. The quantitative estimate of drug-likeness (QED) is 0.755. The monoisotopic (exact) mass is 291 g/mol. The third kappa shape index (κ3) is 3.73. The number of halogens is 2. The summed E-state index contributed by atoms with van der Waals surface area (Å²) in [4.78, 5) is 0. The molecular weight excluding hydrogens is 273 g/mol. The van der Waals surface area contributed by atoms with Crippen molar-refractivity contribution in [3.05, 3.63) is 64.4 Å². The predicted molar refractivity (Wildman–Crippen MR) is 83.9 cm³/mol. The Kier molecular flexibility index (Phi) is 5.02. The third-order valence-corrected chi connectivity index (χ3v) is 3.61. The maximum atomic E-state index is 13.2. The van der Waals surface area contributed by atoms with Gasteiger partial charge in [0.1, 0.15) is 5.82 Å². The van der Waals surface area contributed by atoms with Crippen LogP contribution in [0.15, 0.2) is 42.5 Å². The van der Waals surface area contributed by atoms with Crippen LogP contribution in [-0.2, 0) is 6.42 Å². The molecule has 0 aliphatic carbocycles. The van der Waals surface area contributed by atoms with Crippen LogP contribution in [0.2, 0.25) is 5.02 Å². The number of anilines is 1. The lowest BCUT2D eigenvalue weighted by molar-refractivity contribution is 0.627. The van der Waals surface area contributed by atoms with Crippen LogP contribution < -0.4 is 5.32 Å². The van der Waals surface area contributed by atoms with Gasteiger partial charge < -0.3 is 5.32 Å². The first kappa shape index (κ1) is 14.9. The van der Waals surface area contributed by atoms with Crippen molar-refractivity contribution in [2.75, 3.05) is 5.32 Å². The average molecular weight is 292 g/mol. The van der Waals surface area contributed by atoms with Crippen LogP contribution in [0.3, 0.4) is 0 Å². The Morgan fingerprint density at radius 2 is 1.85 bits per heavy atom. The normalized spacial score (nSPS) is 12.2. The highest BCUT2D eigenvalue weighted by Crippen LogP contribution is 2.24. The van der Waals surface area contributed by atoms with Crippen molar-refractivity contribution < 1.29 is 4.39 Å². The highest BCUT2D eigenvalue weighted by atomic mass is 35.5. The predicted octanol–water partition coefficient (Wildman–Crippen LogP) is 5.60. The van der Waals surface area contributed by atoms with E-state index >= 15 is 0 Å². The first-order chi connectivity index (χ1) is 9.60. The fourth-order valence-corrected chi connectivity index (χ4v) is 2.36. The molecule has 2 aromatic rings. The lowest BCUT2D eigenvalue weighted by Gasteiger charge is -2.16. The van der Waals surface area contributed by atoms with E-state index in [0.29, 0.717) is 0 Å². The molecule has 0 radical (unpaired) electrons. The fraction of sp³-hybridized carbons (Fsp3) is 0.294. The number of nitrogens with one attached hydrogen (secondary N) is 1. The SMILES string of the molecule is CCCc1ccc(NC(C)c2ccc(F)c(Cl)c2)cc1. The molecule has 0 bridgehead atoms. The molecule has 0 saturated carbocycles. The molecule has 1 unspecified atom stereocenters. The Balaban J connectivity index is 2.06. The van der Waals surface area contributed by atoms with Gasteiger partial charge in [0, 0.05) is 11.7 Å². The molecule has 0 spiro atoms. The van der Waals surface area contributed by atoms with E-state index in [0.717, 1.165) is 24.1 Å².